The van der Waals surface area contributed by atoms with Crippen LogP contribution >= 0.6 is 0 Å². The van der Waals surface area contributed by atoms with E-state index < -0.39 is 17.9 Å². The summed E-state index contributed by atoms with van der Waals surface area (Å²) in [6.07, 6.45) is 0. The Morgan fingerprint density at radius 1 is 1.46 bits per heavy atom. The second-order valence-electron chi connectivity index (χ2n) is 3.04. The zero-order valence-corrected chi connectivity index (χ0v) is 7.70. The molecular weight excluding hydrogens is 172 g/mol. The maximum Gasteiger partial charge on any atom is 0.351 e. The molecule has 13 heavy (non-hydrogen) atoms. The number of carbonyl (C=O) groups is 2. The van der Waals surface area contributed by atoms with Crippen LogP contribution in [-0.2, 0) is 9.59 Å². The second-order valence-corrected chi connectivity index (χ2v) is 3.04. The van der Waals surface area contributed by atoms with Gasteiger partial charge in [0.15, 0.2) is 0 Å². The molecule has 1 amide bonds. The summed E-state index contributed by atoms with van der Waals surface area (Å²) in [7, 11) is 0. The van der Waals surface area contributed by atoms with Crippen LogP contribution in [-0.4, -0.2) is 23.0 Å². The molecule has 0 radical (unpaired) electrons. The second kappa shape index (κ2) is 4.61. The molecule has 5 nitrogen and oxygen atoms in total. The fourth-order valence-corrected chi connectivity index (χ4v) is 0.588. The highest BCUT2D eigenvalue weighted by Gasteiger charge is 2.19. The van der Waals surface area contributed by atoms with Crippen molar-refractivity contribution in [2.75, 3.05) is 0 Å². The first-order valence-corrected chi connectivity index (χ1v) is 3.85. The number of carbonyl (C=O) groups excluding carboxylic acids is 1. The van der Waals surface area contributed by atoms with E-state index in [2.05, 4.69) is 11.9 Å². The molecule has 0 spiro atoms. The van der Waals surface area contributed by atoms with Crippen LogP contribution in [0.15, 0.2) is 12.3 Å². The van der Waals surface area contributed by atoms with Gasteiger partial charge in [0.05, 0.1) is 6.04 Å². The van der Waals surface area contributed by atoms with Crippen molar-refractivity contribution >= 4 is 11.9 Å². The van der Waals surface area contributed by atoms with Crippen LogP contribution in [0.1, 0.15) is 13.8 Å². The van der Waals surface area contributed by atoms with Gasteiger partial charge in [-0.3, -0.25) is 4.79 Å². The largest absolute Gasteiger partial charge is 0.477 e. The Morgan fingerprint density at radius 2 is 1.92 bits per heavy atom. The molecule has 0 aliphatic heterocycles. The lowest BCUT2D eigenvalue weighted by Gasteiger charge is -2.14. The molecule has 0 saturated carbocycles. The summed E-state index contributed by atoms with van der Waals surface area (Å²) >= 11 is 0. The van der Waals surface area contributed by atoms with Crippen molar-refractivity contribution in [2.24, 2.45) is 11.7 Å². The van der Waals surface area contributed by atoms with Crippen molar-refractivity contribution in [1.29, 1.82) is 0 Å². The van der Waals surface area contributed by atoms with Crippen molar-refractivity contribution in [3.05, 3.63) is 12.3 Å². The van der Waals surface area contributed by atoms with E-state index in [-0.39, 0.29) is 11.6 Å². The molecule has 0 aromatic carbocycles. The molecule has 0 fully saturated rings. The monoisotopic (exact) mass is 186 g/mol. The van der Waals surface area contributed by atoms with Gasteiger partial charge < -0.3 is 16.2 Å². The third-order valence-corrected chi connectivity index (χ3v) is 1.55. The Kier molecular flexibility index (Phi) is 4.13. The molecule has 0 rings (SSSR count). The van der Waals surface area contributed by atoms with E-state index >= 15 is 0 Å². The predicted octanol–water partition coefficient (Wildman–Crippen LogP) is -0.316. The lowest BCUT2D eigenvalue weighted by atomic mass is 10.1. The van der Waals surface area contributed by atoms with Crippen LogP contribution in [0.5, 0.6) is 0 Å². The van der Waals surface area contributed by atoms with Gasteiger partial charge in [-0.1, -0.05) is 20.4 Å². The molecule has 1 unspecified atom stereocenters. The van der Waals surface area contributed by atoms with Gasteiger partial charge >= 0.3 is 5.97 Å². The number of nitrogens with two attached hydrogens (primary N) is 1. The molecule has 0 aliphatic rings. The normalized spacial score (nSPS) is 12.3. The van der Waals surface area contributed by atoms with Gasteiger partial charge in [0.2, 0.25) is 5.91 Å². The highest BCUT2D eigenvalue weighted by Crippen LogP contribution is 1.98. The van der Waals surface area contributed by atoms with E-state index in [1.165, 1.54) is 0 Å². The van der Waals surface area contributed by atoms with E-state index in [1.54, 1.807) is 13.8 Å². The number of carboxylic acid groups (broad SMARTS) is 1. The summed E-state index contributed by atoms with van der Waals surface area (Å²) in [6.45, 7) is 6.69. The third kappa shape index (κ3) is 3.71. The van der Waals surface area contributed by atoms with Gasteiger partial charge in [-0.05, 0) is 5.92 Å². The average molecular weight is 186 g/mol. The van der Waals surface area contributed by atoms with Crippen molar-refractivity contribution in [2.45, 2.75) is 19.9 Å². The van der Waals surface area contributed by atoms with Crippen molar-refractivity contribution < 1.29 is 14.7 Å². The van der Waals surface area contributed by atoms with Crippen LogP contribution in [0.2, 0.25) is 0 Å². The fraction of sp³-hybridized carbons (Fsp3) is 0.500. The molecule has 1 atom stereocenters. The molecule has 5 heteroatoms. The van der Waals surface area contributed by atoms with Crippen LogP contribution in [0.3, 0.4) is 0 Å². The van der Waals surface area contributed by atoms with Gasteiger partial charge in [0, 0.05) is 0 Å². The van der Waals surface area contributed by atoms with E-state index in [4.69, 9.17) is 10.8 Å². The van der Waals surface area contributed by atoms with Gasteiger partial charge in [-0.25, -0.2) is 4.79 Å². The molecular formula is C8H14N2O3. The number of aliphatic carboxylic acids is 1. The Labute approximate surface area is 76.6 Å². The Bertz CT molecular complexity index is 236. The van der Waals surface area contributed by atoms with Gasteiger partial charge in [0.25, 0.3) is 0 Å². The third-order valence-electron chi connectivity index (χ3n) is 1.55. The van der Waals surface area contributed by atoms with Crippen LogP contribution in [0.4, 0.5) is 0 Å². The smallest absolute Gasteiger partial charge is 0.351 e. The van der Waals surface area contributed by atoms with Crippen LogP contribution in [0.25, 0.3) is 0 Å². The number of carboxylic acids is 1. The highest BCUT2D eigenvalue weighted by molar-refractivity contribution is 5.93. The minimum atomic E-state index is -1.26. The minimum Gasteiger partial charge on any atom is -0.477 e. The maximum atomic E-state index is 11.1. The predicted molar refractivity (Wildman–Crippen MR) is 47.7 cm³/mol. The van der Waals surface area contributed by atoms with E-state index in [9.17, 15) is 9.59 Å². The van der Waals surface area contributed by atoms with Gasteiger partial charge in [-0.2, -0.15) is 0 Å². The van der Waals surface area contributed by atoms with E-state index in [0.29, 0.717) is 0 Å². The van der Waals surface area contributed by atoms with Gasteiger partial charge in [-0.15, -0.1) is 0 Å². The molecule has 4 N–H and O–H groups in total. The zero-order valence-electron chi connectivity index (χ0n) is 7.70. The Balaban J connectivity index is 4.16. The molecule has 0 bridgehead atoms. The number of amides is 1. The Morgan fingerprint density at radius 3 is 2.23 bits per heavy atom. The maximum absolute atomic E-state index is 11.1. The number of hydrogen-bond donors (Lipinski definition) is 3. The standard InChI is InChI=1S/C8H14N2O3/c1-4(2)6(9)7(11)10-5(3)8(12)13/h4,6H,3,9H2,1-2H3,(H,10,11)(H,12,13). The average Bonchev–Trinajstić information content (AvgIpc) is 2.02. The van der Waals surface area contributed by atoms with Crippen molar-refractivity contribution in [3.63, 3.8) is 0 Å². The first-order chi connectivity index (χ1) is 5.86. The Hall–Kier alpha value is -1.36. The number of rotatable bonds is 4. The van der Waals surface area contributed by atoms with Crippen molar-refractivity contribution in [3.8, 4) is 0 Å². The first kappa shape index (κ1) is 11.6. The molecule has 0 heterocycles. The topological polar surface area (TPSA) is 92.4 Å². The summed E-state index contributed by atoms with van der Waals surface area (Å²) in [5, 5.41) is 10.5. The van der Waals surface area contributed by atoms with E-state index in [1.807, 2.05) is 0 Å². The van der Waals surface area contributed by atoms with Gasteiger partial charge in [0.1, 0.15) is 5.70 Å². The molecule has 74 valence electrons. The minimum absolute atomic E-state index is 0.0402. The number of nitrogens with one attached hydrogen (secondary N) is 1. The van der Waals surface area contributed by atoms with Crippen LogP contribution < -0.4 is 11.1 Å². The summed E-state index contributed by atoms with van der Waals surface area (Å²) in [6, 6.07) is -0.712. The SMILES string of the molecule is C=C(NC(=O)C(N)C(C)C)C(=O)O. The highest BCUT2D eigenvalue weighted by atomic mass is 16.4. The zero-order chi connectivity index (χ0) is 10.6. The van der Waals surface area contributed by atoms with Crippen LogP contribution in [0, 0.1) is 5.92 Å². The lowest BCUT2D eigenvalue weighted by Crippen LogP contribution is -2.44. The quantitative estimate of drug-likeness (QED) is 0.525. The molecule has 0 aliphatic carbocycles. The molecule has 0 aromatic rings. The summed E-state index contributed by atoms with van der Waals surface area (Å²) in [5.74, 6) is -1.83. The summed E-state index contributed by atoms with van der Waals surface area (Å²) in [4.78, 5) is 21.4. The first-order valence-electron chi connectivity index (χ1n) is 3.85. The van der Waals surface area contributed by atoms with E-state index in [0.717, 1.165) is 0 Å². The molecule has 0 saturated heterocycles. The van der Waals surface area contributed by atoms with Crippen molar-refractivity contribution in [1.82, 2.24) is 5.32 Å². The summed E-state index contributed by atoms with van der Waals surface area (Å²) in [5.41, 5.74) is 5.10. The summed E-state index contributed by atoms with van der Waals surface area (Å²) < 4.78 is 0. The number of hydrogen-bond acceptors (Lipinski definition) is 3. The lowest BCUT2D eigenvalue weighted by molar-refractivity contribution is -0.134. The molecule has 0 aromatic heterocycles. The fourth-order valence-electron chi connectivity index (χ4n) is 0.588.